The Hall–Kier alpha value is -1.78. The van der Waals surface area contributed by atoms with E-state index in [1.165, 1.54) is 6.07 Å². The monoisotopic (exact) mass is 167 g/mol. The molecule has 0 aliphatic carbocycles. The van der Waals surface area contributed by atoms with Crippen LogP contribution in [0.5, 0.6) is 0 Å². The number of nitro groups is 1. The fourth-order valence-corrected chi connectivity index (χ4v) is 0.982. The summed E-state index contributed by atoms with van der Waals surface area (Å²) in [5.41, 5.74) is 6.25. The van der Waals surface area contributed by atoms with Gasteiger partial charge in [-0.15, -0.1) is 0 Å². The van der Waals surface area contributed by atoms with Gasteiger partial charge in [-0.25, -0.2) is 0 Å². The molecular weight excluding hydrogens is 158 g/mol. The Morgan fingerprint density at radius 3 is 2.67 bits per heavy atom. The predicted octanol–water partition coefficient (Wildman–Crippen LogP) is 1.22. The largest absolute Gasteiger partial charge is 0.397 e. The summed E-state index contributed by atoms with van der Waals surface area (Å²) in [4.78, 5) is 9.97. The second-order valence-corrected chi connectivity index (χ2v) is 2.25. The number of hydrogen-bond donors (Lipinski definition) is 2. The average Bonchev–Trinajstić information content (AvgIpc) is 2.03. The van der Waals surface area contributed by atoms with Crippen molar-refractivity contribution in [1.82, 2.24) is 0 Å². The maximum Gasteiger partial charge on any atom is 0.294 e. The molecule has 1 rings (SSSR count). The van der Waals surface area contributed by atoms with Crippen LogP contribution in [0.4, 0.5) is 17.1 Å². The zero-order valence-electron chi connectivity index (χ0n) is 6.57. The maximum absolute atomic E-state index is 10.4. The third-order valence-corrected chi connectivity index (χ3v) is 1.52. The summed E-state index contributed by atoms with van der Waals surface area (Å²) in [6, 6.07) is 4.56. The maximum atomic E-state index is 10.4. The fraction of sp³-hybridized carbons (Fsp3) is 0.143. The van der Waals surface area contributed by atoms with E-state index < -0.39 is 4.92 Å². The van der Waals surface area contributed by atoms with Crippen LogP contribution < -0.4 is 11.1 Å². The molecule has 5 heteroatoms. The summed E-state index contributed by atoms with van der Waals surface area (Å²) in [5, 5.41) is 13.1. The number of nitrogen functional groups attached to an aromatic ring is 1. The Morgan fingerprint density at radius 2 is 2.25 bits per heavy atom. The first-order valence-electron chi connectivity index (χ1n) is 3.37. The third-order valence-electron chi connectivity index (χ3n) is 1.52. The molecular formula is C7H9N3O2. The van der Waals surface area contributed by atoms with Gasteiger partial charge in [0.1, 0.15) is 5.69 Å². The van der Waals surface area contributed by atoms with E-state index in [2.05, 4.69) is 5.32 Å². The summed E-state index contributed by atoms with van der Waals surface area (Å²) < 4.78 is 0. The molecule has 0 saturated heterocycles. The number of benzene rings is 1. The quantitative estimate of drug-likeness (QED) is 0.394. The molecule has 12 heavy (non-hydrogen) atoms. The molecule has 1 aromatic carbocycles. The van der Waals surface area contributed by atoms with Crippen molar-refractivity contribution in [2.45, 2.75) is 0 Å². The van der Waals surface area contributed by atoms with Crippen molar-refractivity contribution < 1.29 is 4.92 Å². The number of anilines is 2. The van der Waals surface area contributed by atoms with Gasteiger partial charge >= 0.3 is 0 Å². The second kappa shape index (κ2) is 3.08. The number of nitrogens with one attached hydrogen (secondary N) is 1. The van der Waals surface area contributed by atoms with Crippen LogP contribution in [0.25, 0.3) is 0 Å². The van der Waals surface area contributed by atoms with E-state index in [0.29, 0.717) is 11.4 Å². The smallest absolute Gasteiger partial charge is 0.294 e. The first-order chi connectivity index (χ1) is 5.66. The minimum Gasteiger partial charge on any atom is -0.397 e. The van der Waals surface area contributed by atoms with E-state index >= 15 is 0 Å². The van der Waals surface area contributed by atoms with E-state index in [0.717, 1.165) is 0 Å². The standard InChI is InChI=1S/C7H9N3O2/c1-9-7-5(8)3-2-4-6(7)10(11)12/h2-4,9H,8H2,1H3. The van der Waals surface area contributed by atoms with Crippen LogP contribution in [0.15, 0.2) is 18.2 Å². The molecule has 0 heterocycles. The van der Waals surface area contributed by atoms with Crippen LogP contribution in [0, 0.1) is 10.1 Å². The van der Waals surface area contributed by atoms with Gasteiger partial charge in [-0.05, 0) is 6.07 Å². The summed E-state index contributed by atoms with van der Waals surface area (Å²) >= 11 is 0. The van der Waals surface area contributed by atoms with E-state index in [1.54, 1.807) is 19.2 Å². The van der Waals surface area contributed by atoms with Crippen LogP contribution in [0.1, 0.15) is 0 Å². The highest BCUT2D eigenvalue weighted by molar-refractivity contribution is 5.76. The van der Waals surface area contributed by atoms with E-state index in [9.17, 15) is 10.1 Å². The highest BCUT2D eigenvalue weighted by Gasteiger charge is 2.13. The number of nitrogens with zero attached hydrogens (tertiary/aromatic N) is 1. The van der Waals surface area contributed by atoms with Gasteiger partial charge < -0.3 is 11.1 Å². The molecule has 0 radical (unpaired) electrons. The zero-order valence-corrected chi connectivity index (χ0v) is 6.57. The van der Waals surface area contributed by atoms with Crippen LogP contribution in [-0.4, -0.2) is 12.0 Å². The lowest BCUT2D eigenvalue weighted by molar-refractivity contribution is -0.383. The molecule has 1 aromatic rings. The summed E-state index contributed by atoms with van der Waals surface area (Å²) in [5.74, 6) is 0. The first-order valence-corrected chi connectivity index (χ1v) is 3.37. The van der Waals surface area contributed by atoms with Crippen molar-refractivity contribution in [3.63, 3.8) is 0 Å². The molecule has 3 N–H and O–H groups in total. The second-order valence-electron chi connectivity index (χ2n) is 2.25. The Morgan fingerprint density at radius 1 is 1.58 bits per heavy atom. The molecule has 5 nitrogen and oxygen atoms in total. The van der Waals surface area contributed by atoms with E-state index in [4.69, 9.17) is 5.73 Å². The van der Waals surface area contributed by atoms with Crippen molar-refractivity contribution in [1.29, 1.82) is 0 Å². The fourth-order valence-electron chi connectivity index (χ4n) is 0.982. The molecule has 0 unspecified atom stereocenters. The van der Waals surface area contributed by atoms with Crippen molar-refractivity contribution in [3.8, 4) is 0 Å². The molecule has 0 amide bonds. The van der Waals surface area contributed by atoms with Crippen molar-refractivity contribution in [2.75, 3.05) is 18.1 Å². The molecule has 0 fully saturated rings. The molecule has 0 aliphatic heterocycles. The van der Waals surface area contributed by atoms with Crippen LogP contribution >= 0.6 is 0 Å². The van der Waals surface area contributed by atoms with Gasteiger partial charge in [-0.1, -0.05) is 6.07 Å². The average molecular weight is 167 g/mol. The topological polar surface area (TPSA) is 81.2 Å². The van der Waals surface area contributed by atoms with Crippen molar-refractivity contribution in [3.05, 3.63) is 28.3 Å². The molecule has 0 saturated carbocycles. The molecule has 0 atom stereocenters. The molecule has 64 valence electrons. The number of rotatable bonds is 2. The third kappa shape index (κ3) is 1.29. The summed E-state index contributed by atoms with van der Waals surface area (Å²) in [6.45, 7) is 0. The van der Waals surface area contributed by atoms with Crippen LogP contribution in [0.3, 0.4) is 0 Å². The van der Waals surface area contributed by atoms with E-state index in [1.807, 2.05) is 0 Å². The van der Waals surface area contributed by atoms with Gasteiger partial charge in [0, 0.05) is 13.1 Å². The highest BCUT2D eigenvalue weighted by Crippen LogP contribution is 2.28. The van der Waals surface area contributed by atoms with Crippen molar-refractivity contribution >= 4 is 17.1 Å². The molecule has 0 bridgehead atoms. The molecule has 0 aromatic heterocycles. The van der Waals surface area contributed by atoms with Crippen molar-refractivity contribution in [2.24, 2.45) is 0 Å². The lowest BCUT2D eigenvalue weighted by atomic mass is 10.2. The van der Waals surface area contributed by atoms with Crippen LogP contribution in [0.2, 0.25) is 0 Å². The molecule has 0 aliphatic rings. The molecule has 0 spiro atoms. The van der Waals surface area contributed by atoms with Gasteiger partial charge in [0.05, 0.1) is 10.6 Å². The van der Waals surface area contributed by atoms with E-state index in [-0.39, 0.29) is 5.69 Å². The summed E-state index contributed by atoms with van der Waals surface area (Å²) in [6.07, 6.45) is 0. The minimum atomic E-state index is -0.470. The first kappa shape index (κ1) is 8.32. The highest BCUT2D eigenvalue weighted by atomic mass is 16.6. The number of nitro benzene ring substituents is 1. The van der Waals surface area contributed by atoms with Gasteiger partial charge in [0.2, 0.25) is 0 Å². The number of hydrogen-bond acceptors (Lipinski definition) is 4. The van der Waals surface area contributed by atoms with Crippen LogP contribution in [-0.2, 0) is 0 Å². The van der Waals surface area contributed by atoms with Gasteiger partial charge in [-0.3, -0.25) is 10.1 Å². The summed E-state index contributed by atoms with van der Waals surface area (Å²) in [7, 11) is 1.60. The Labute approximate surface area is 69.3 Å². The Balaban J connectivity index is 3.27. The number of nitrogens with two attached hydrogens (primary N) is 1. The van der Waals surface area contributed by atoms with Gasteiger partial charge in [0.15, 0.2) is 0 Å². The minimum absolute atomic E-state index is 0.00231. The SMILES string of the molecule is CNc1c(N)cccc1[N+](=O)[O-]. The Kier molecular flexibility index (Phi) is 2.14. The Bertz CT molecular complexity index is 312. The predicted molar refractivity (Wildman–Crippen MR) is 47.1 cm³/mol. The number of para-hydroxylation sites is 1. The lowest BCUT2D eigenvalue weighted by Crippen LogP contribution is -2.00. The normalized spacial score (nSPS) is 9.42. The lowest BCUT2D eigenvalue weighted by Gasteiger charge is -2.03. The van der Waals surface area contributed by atoms with Gasteiger partial charge in [0.25, 0.3) is 5.69 Å². The zero-order chi connectivity index (χ0) is 9.14. The van der Waals surface area contributed by atoms with Gasteiger partial charge in [-0.2, -0.15) is 0 Å².